The normalized spacial score (nSPS) is 15.4. The van der Waals surface area contributed by atoms with Gasteiger partial charge in [-0.05, 0) is 25.0 Å². The first-order valence-electron chi connectivity index (χ1n) is 11.0. The summed E-state index contributed by atoms with van der Waals surface area (Å²) in [5, 5.41) is 30.1. The number of amides is 1. The lowest BCUT2D eigenvalue weighted by atomic mass is 10.1. The summed E-state index contributed by atoms with van der Waals surface area (Å²) in [6.07, 6.45) is 3.14. The van der Waals surface area contributed by atoms with Crippen LogP contribution in [-0.4, -0.2) is 69.9 Å². The Morgan fingerprint density at radius 1 is 1.17 bits per heavy atom. The molecule has 0 atom stereocenters. The number of methoxy groups -OCH3 is 1. The molecule has 1 aliphatic heterocycles. The lowest BCUT2D eigenvalue weighted by Crippen LogP contribution is -2.48. The van der Waals surface area contributed by atoms with Gasteiger partial charge in [-0.1, -0.05) is 11.6 Å². The largest absolute Gasteiger partial charge is 0.453 e. The Labute approximate surface area is 205 Å². The minimum Gasteiger partial charge on any atom is -0.453 e. The molecule has 5 rings (SSSR count). The van der Waals surface area contributed by atoms with Gasteiger partial charge in [-0.2, -0.15) is 30.1 Å². The number of nitriles is 2. The average molecular weight is 493 g/mol. The SMILES string of the molecule is COC(=O)N1CCN(c2cc(C#N)cc(Nc3nc(NC4CC4)n4ncc(C#N)c4n3)c2Cl)CC1. The second-order valence-corrected chi connectivity index (χ2v) is 8.61. The second kappa shape index (κ2) is 9.16. The van der Waals surface area contributed by atoms with Crippen molar-refractivity contribution in [3.63, 3.8) is 0 Å². The van der Waals surface area contributed by atoms with E-state index in [1.807, 2.05) is 4.90 Å². The number of aromatic nitrogens is 4. The van der Waals surface area contributed by atoms with Gasteiger partial charge in [0, 0.05) is 32.2 Å². The molecule has 35 heavy (non-hydrogen) atoms. The summed E-state index contributed by atoms with van der Waals surface area (Å²) in [6, 6.07) is 7.90. The molecule has 1 saturated carbocycles. The summed E-state index contributed by atoms with van der Waals surface area (Å²) in [5.74, 6) is 0.685. The highest BCUT2D eigenvalue weighted by Crippen LogP contribution is 2.36. The monoisotopic (exact) mass is 492 g/mol. The maximum absolute atomic E-state index is 11.8. The first-order chi connectivity index (χ1) is 17.0. The lowest BCUT2D eigenvalue weighted by molar-refractivity contribution is 0.121. The molecule has 2 aliphatic rings. The van der Waals surface area contributed by atoms with Gasteiger partial charge in [-0.3, -0.25) is 0 Å². The number of carbonyl (C=O) groups is 1. The van der Waals surface area contributed by atoms with Gasteiger partial charge in [0.05, 0.1) is 41.3 Å². The number of ether oxygens (including phenoxy) is 1. The molecule has 0 bridgehead atoms. The summed E-state index contributed by atoms with van der Waals surface area (Å²) in [6.45, 7) is 2.00. The fourth-order valence-electron chi connectivity index (χ4n) is 3.89. The molecule has 3 heterocycles. The number of fused-ring (bicyclic) bond motifs is 1. The molecule has 178 valence electrons. The van der Waals surface area contributed by atoms with Crippen molar-refractivity contribution in [3.8, 4) is 12.1 Å². The third-order valence-corrected chi connectivity index (χ3v) is 6.28. The van der Waals surface area contributed by atoms with Crippen LogP contribution in [0.4, 0.5) is 28.1 Å². The zero-order chi connectivity index (χ0) is 24.5. The minimum atomic E-state index is -0.372. The molecule has 1 aromatic carbocycles. The lowest BCUT2D eigenvalue weighted by Gasteiger charge is -2.36. The molecule has 1 amide bonds. The third-order valence-electron chi connectivity index (χ3n) is 5.88. The number of hydrogen-bond acceptors (Lipinski definition) is 10. The fraction of sp³-hybridized carbons (Fsp3) is 0.364. The Hall–Kier alpha value is -4.29. The molecule has 0 unspecified atom stereocenters. The van der Waals surface area contributed by atoms with E-state index in [2.05, 4.69) is 37.8 Å². The van der Waals surface area contributed by atoms with Crippen molar-refractivity contribution in [1.82, 2.24) is 24.5 Å². The molecule has 12 nitrogen and oxygen atoms in total. The van der Waals surface area contributed by atoms with E-state index in [0.717, 1.165) is 12.8 Å². The van der Waals surface area contributed by atoms with E-state index in [1.165, 1.54) is 17.8 Å². The van der Waals surface area contributed by atoms with Gasteiger partial charge in [-0.25, -0.2) is 4.79 Å². The van der Waals surface area contributed by atoms with Gasteiger partial charge in [0.25, 0.3) is 0 Å². The van der Waals surface area contributed by atoms with Gasteiger partial charge in [-0.15, -0.1) is 0 Å². The van der Waals surface area contributed by atoms with E-state index in [4.69, 9.17) is 16.3 Å². The van der Waals surface area contributed by atoms with Crippen LogP contribution in [-0.2, 0) is 4.74 Å². The standard InChI is InChI=1S/C22H21ClN10O2/c1-35-22(34)32-6-4-31(5-7-32)17-9-13(10-24)8-16(18(17)23)28-20-29-19-14(11-25)12-26-33(19)21(30-20)27-15-2-3-15/h8-9,12,15H,2-7H2,1H3,(H2,27,28,29,30). The summed E-state index contributed by atoms with van der Waals surface area (Å²) >= 11 is 6.78. The van der Waals surface area contributed by atoms with Crippen molar-refractivity contribution >= 4 is 46.6 Å². The van der Waals surface area contributed by atoms with Gasteiger partial charge in [0.2, 0.25) is 11.9 Å². The number of halogens is 1. The molecule has 3 aromatic rings. The Bertz CT molecular complexity index is 1380. The molecular weight excluding hydrogens is 472 g/mol. The van der Waals surface area contributed by atoms with Crippen LogP contribution in [0.15, 0.2) is 18.3 Å². The summed E-state index contributed by atoms with van der Waals surface area (Å²) < 4.78 is 6.30. The predicted molar refractivity (Wildman–Crippen MR) is 128 cm³/mol. The Morgan fingerprint density at radius 3 is 2.60 bits per heavy atom. The second-order valence-electron chi connectivity index (χ2n) is 8.23. The highest BCUT2D eigenvalue weighted by molar-refractivity contribution is 6.36. The highest BCUT2D eigenvalue weighted by Gasteiger charge is 2.26. The van der Waals surface area contributed by atoms with Crippen LogP contribution in [0.25, 0.3) is 5.65 Å². The zero-order valence-corrected chi connectivity index (χ0v) is 19.6. The predicted octanol–water partition coefficient (Wildman–Crippen LogP) is 2.73. The molecule has 0 radical (unpaired) electrons. The number of piperazine rings is 1. The van der Waals surface area contributed by atoms with Crippen molar-refractivity contribution < 1.29 is 9.53 Å². The first kappa shape index (κ1) is 22.5. The van der Waals surface area contributed by atoms with E-state index < -0.39 is 0 Å². The minimum absolute atomic E-state index is 0.219. The number of hydrogen-bond donors (Lipinski definition) is 2. The number of nitrogens with zero attached hydrogens (tertiary/aromatic N) is 8. The van der Waals surface area contributed by atoms with Crippen LogP contribution in [0.2, 0.25) is 5.02 Å². The van der Waals surface area contributed by atoms with Gasteiger partial charge < -0.3 is 25.2 Å². The number of benzene rings is 1. The summed E-state index contributed by atoms with van der Waals surface area (Å²) in [5.41, 5.74) is 2.20. The Balaban J connectivity index is 1.47. The molecule has 1 aliphatic carbocycles. The highest BCUT2D eigenvalue weighted by atomic mass is 35.5. The molecule has 2 fully saturated rings. The van der Waals surface area contributed by atoms with Crippen molar-refractivity contribution in [2.45, 2.75) is 18.9 Å². The summed E-state index contributed by atoms with van der Waals surface area (Å²) in [4.78, 5) is 24.5. The quantitative estimate of drug-likeness (QED) is 0.544. The van der Waals surface area contributed by atoms with E-state index in [1.54, 1.807) is 17.0 Å². The maximum Gasteiger partial charge on any atom is 0.409 e. The zero-order valence-electron chi connectivity index (χ0n) is 18.8. The topological polar surface area (TPSA) is 148 Å². The number of nitrogens with one attached hydrogen (secondary N) is 2. The smallest absolute Gasteiger partial charge is 0.409 e. The number of rotatable bonds is 5. The van der Waals surface area contributed by atoms with Crippen molar-refractivity contribution in [2.75, 3.05) is 48.8 Å². The molecule has 1 saturated heterocycles. The Kier molecular flexibility index (Phi) is 5.89. The number of carbonyl (C=O) groups excluding carboxylic acids is 1. The Morgan fingerprint density at radius 2 is 1.94 bits per heavy atom. The van der Waals surface area contributed by atoms with Crippen LogP contribution >= 0.6 is 11.6 Å². The van der Waals surface area contributed by atoms with Crippen molar-refractivity contribution in [2.24, 2.45) is 0 Å². The van der Waals surface area contributed by atoms with E-state index >= 15 is 0 Å². The average Bonchev–Trinajstić information content (AvgIpc) is 3.60. The molecule has 2 N–H and O–H groups in total. The van der Waals surface area contributed by atoms with E-state index in [0.29, 0.717) is 71.3 Å². The van der Waals surface area contributed by atoms with Gasteiger partial charge in [0.1, 0.15) is 11.6 Å². The van der Waals surface area contributed by atoms with Crippen LogP contribution in [0.3, 0.4) is 0 Å². The fourth-order valence-corrected chi connectivity index (χ4v) is 4.17. The van der Waals surface area contributed by atoms with Crippen molar-refractivity contribution in [3.05, 3.63) is 34.5 Å². The van der Waals surface area contributed by atoms with Gasteiger partial charge in [0.15, 0.2) is 5.65 Å². The number of anilines is 4. The molecule has 13 heteroatoms. The van der Waals surface area contributed by atoms with Crippen molar-refractivity contribution in [1.29, 1.82) is 10.5 Å². The van der Waals surface area contributed by atoms with E-state index in [-0.39, 0.29) is 12.0 Å². The van der Waals surface area contributed by atoms with E-state index in [9.17, 15) is 15.3 Å². The maximum atomic E-state index is 11.8. The molecule has 2 aromatic heterocycles. The molecule has 0 spiro atoms. The van der Waals surface area contributed by atoms with Crippen LogP contribution in [0.1, 0.15) is 24.0 Å². The van der Waals surface area contributed by atoms with Crippen LogP contribution < -0.4 is 15.5 Å². The van der Waals surface area contributed by atoms with Crippen LogP contribution in [0, 0.1) is 22.7 Å². The first-order valence-corrected chi connectivity index (χ1v) is 11.4. The van der Waals surface area contributed by atoms with Crippen LogP contribution in [0.5, 0.6) is 0 Å². The molecular formula is C22H21ClN10O2. The third kappa shape index (κ3) is 4.44. The van der Waals surface area contributed by atoms with Gasteiger partial charge >= 0.3 is 6.09 Å². The summed E-state index contributed by atoms with van der Waals surface area (Å²) in [7, 11) is 1.36.